The fourth-order valence-corrected chi connectivity index (χ4v) is 1.55. The average Bonchev–Trinajstić information content (AvgIpc) is 2.33. The van der Waals surface area contributed by atoms with Crippen molar-refractivity contribution in [3.8, 4) is 5.75 Å². The number of rotatable bonds is 6. The van der Waals surface area contributed by atoms with Gasteiger partial charge in [0.1, 0.15) is 11.4 Å². The Hall–Kier alpha value is -1.91. The molecule has 0 spiro atoms. The highest BCUT2D eigenvalue weighted by Gasteiger charge is 2.15. The standard InChI is InChI=1S/C15H24N2O3/c1-5-19-13-8-6-7-12(11-13)16-9-10-17-14(18)20-15(2,3)4/h6-8,11,16H,5,9-10H2,1-4H3,(H,17,18). The van der Waals surface area contributed by atoms with Gasteiger partial charge < -0.3 is 20.1 Å². The zero-order chi connectivity index (χ0) is 15.0. The highest BCUT2D eigenvalue weighted by atomic mass is 16.6. The molecule has 2 N–H and O–H groups in total. The molecule has 5 nitrogen and oxygen atoms in total. The van der Waals surface area contributed by atoms with Gasteiger partial charge in [0.25, 0.3) is 0 Å². The van der Waals surface area contributed by atoms with Gasteiger partial charge in [-0.2, -0.15) is 0 Å². The van der Waals surface area contributed by atoms with Crippen LogP contribution in [0, 0.1) is 0 Å². The van der Waals surface area contributed by atoms with Gasteiger partial charge in [-0.3, -0.25) is 0 Å². The zero-order valence-corrected chi connectivity index (χ0v) is 12.7. The van der Waals surface area contributed by atoms with Crippen LogP contribution in [0.25, 0.3) is 0 Å². The average molecular weight is 280 g/mol. The second kappa shape index (κ2) is 7.62. The minimum absolute atomic E-state index is 0.401. The van der Waals surface area contributed by atoms with E-state index in [0.717, 1.165) is 11.4 Å². The van der Waals surface area contributed by atoms with Crippen LogP contribution in [-0.4, -0.2) is 31.4 Å². The lowest BCUT2D eigenvalue weighted by Crippen LogP contribution is -2.34. The molecule has 0 unspecified atom stereocenters. The van der Waals surface area contributed by atoms with Gasteiger partial charge in [0.2, 0.25) is 0 Å². The summed E-state index contributed by atoms with van der Waals surface area (Å²) >= 11 is 0. The van der Waals surface area contributed by atoms with E-state index in [2.05, 4.69) is 10.6 Å². The summed E-state index contributed by atoms with van der Waals surface area (Å²) in [5.41, 5.74) is 0.491. The zero-order valence-electron chi connectivity index (χ0n) is 12.7. The Kier molecular flexibility index (Phi) is 6.15. The van der Waals surface area contributed by atoms with E-state index in [9.17, 15) is 4.79 Å². The molecule has 1 amide bonds. The van der Waals surface area contributed by atoms with Crippen molar-refractivity contribution in [2.45, 2.75) is 33.3 Å². The molecule has 0 aliphatic rings. The smallest absolute Gasteiger partial charge is 0.407 e. The molecule has 20 heavy (non-hydrogen) atoms. The topological polar surface area (TPSA) is 59.6 Å². The predicted octanol–water partition coefficient (Wildman–Crippen LogP) is 3.02. The lowest BCUT2D eigenvalue weighted by Gasteiger charge is -2.19. The van der Waals surface area contributed by atoms with Crippen molar-refractivity contribution >= 4 is 11.8 Å². The van der Waals surface area contributed by atoms with Crippen LogP contribution in [0.4, 0.5) is 10.5 Å². The first-order chi connectivity index (χ1) is 9.40. The summed E-state index contributed by atoms with van der Waals surface area (Å²) in [6.45, 7) is 9.22. The Morgan fingerprint density at radius 2 is 2.00 bits per heavy atom. The largest absolute Gasteiger partial charge is 0.494 e. The van der Waals surface area contributed by atoms with E-state index >= 15 is 0 Å². The van der Waals surface area contributed by atoms with E-state index < -0.39 is 11.7 Å². The molecule has 0 aromatic heterocycles. The van der Waals surface area contributed by atoms with Crippen LogP contribution in [0.5, 0.6) is 5.75 Å². The molecular formula is C15H24N2O3. The predicted molar refractivity (Wildman–Crippen MR) is 80.3 cm³/mol. The fourth-order valence-electron chi connectivity index (χ4n) is 1.55. The number of amides is 1. The number of anilines is 1. The molecule has 0 fully saturated rings. The molecule has 0 radical (unpaired) electrons. The maximum absolute atomic E-state index is 11.4. The maximum atomic E-state index is 11.4. The lowest BCUT2D eigenvalue weighted by molar-refractivity contribution is 0.0530. The molecule has 0 bridgehead atoms. The molecule has 0 saturated carbocycles. The highest BCUT2D eigenvalue weighted by molar-refractivity contribution is 5.67. The Balaban J connectivity index is 2.27. The second-order valence-electron chi connectivity index (χ2n) is 5.32. The second-order valence-corrected chi connectivity index (χ2v) is 5.32. The summed E-state index contributed by atoms with van der Waals surface area (Å²) in [5, 5.41) is 5.91. The molecule has 1 rings (SSSR count). The Morgan fingerprint density at radius 1 is 1.25 bits per heavy atom. The number of nitrogens with one attached hydrogen (secondary N) is 2. The molecular weight excluding hydrogens is 256 g/mol. The van der Waals surface area contributed by atoms with Gasteiger partial charge in [-0.25, -0.2) is 4.79 Å². The number of hydrogen-bond donors (Lipinski definition) is 2. The van der Waals surface area contributed by atoms with Crippen molar-refractivity contribution < 1.29 is 14.3 Å². The van der Waals surface area contributed by atoms with Crippen molar-refractivity contribution in [1.82, 2.24) is 5.32 Å². The van der Waals surface area contributed by atoms with E-state index in [0.29, 0.717) is 19.7 Å². The van der Waals surface area contributed by atoms with E-state index in [1.54, 1.807) is 0 Å². The Labute approximate surface area is 120 Å². The lowest BCUT2D eigenvalue weighted by atomic mass is 10.2. The number of carbonyl (C=O) groups excluding carboxylic acids is 1. The summed E-state index contributed by atoms with van der Waals surface area (Å²) in [6.07, 6.45) is -0.401. The van der Waals surface area contributed by atoms with Crippen LogP contribution in [0.15, 0.2) is 24.3 Å². The number of ether oxygens (including phenoxy) is 2. The number of hydrogen-bond acceptors (Lipinski definition) is 4. The molecule has 0 atom stereocenters. The quantitative estimate of drug-likeness (QED) is 0.786. The first kappa shape index (κ1) is 16.1. The van der Waals surface area contributed by atoms with Crippen LogP contribution < -0.4 is 15.4 Å². The third-order valence-corrected chi connectivity index (χ3v) is 2.27. The van der Waals surface area contributed by atoms with Gasteiger partial charge in [-0.05, 0) is 39.8 Å². The van der Waals surface area contributed by atoms with Crippen LogP contribution in [0.1, 0.15) is 27.7 Å². The van der Waals surface area contributed by atoms with Crippen molar-refractivity contribution in [1.29, 1.82) is 0 Å². The van der Waals surface area contributed by atoms with Crippen molar-refractivity contribution in [3.05, 3.63) is 24.3 Å². The number of carbonyl (C=O) groups is 1. The monoisotopic (exact) mass is 280 g/mol. The van der Waals surface area contributed by atoms with E-state index in [4.69, 9.17) is 9.47 Å². The molecule has 0 heterocycles. The van der Waals surface area contributed by atoms with Gasteiger partial charge in [0, 0.05) is 24.8 Å². The van der Waals surface area contributed by atoms with Crippen LogP contribution in [0.2, 0.25) is 0 Å². The Morgan fingerprint density at radius 3 is 2.65 bits per heavy atom. The number of alkyl carbamates (subject to hydrolysis) is 1. The van der Waals surface area contributed by atoms with Gasteiger partial charge in [0.15, 0.2) is 0 Å². The molecule has 1 aromatic rings. The molecule has 5 heteroatoms. The molecule has 0 saturated heterocycles. The van der Waals surface area contributed by atoms with Gasteiger partial charge in [-0.1, -0.05) is 6.07 Å². The third kappa shape index (κ3) is 6.87. The van der Waals surface area contributed by atoms with Crippen molar-refractivity contribution in [3.63, 3.8) is 0 Å². The summed E-state index contributed by atoms with van der Waals surface area (Å²) in [4.78, 5) is 11.4. The van der Waals surface area contributed by atoms with Gasteiger partial charge in [-0.15, -0.1) is 0 Å². The van der Waals surface area contributed by atoms with Crippen molar-refractivity contribution in [2.24, 2.45) is 0 Å². The van der Waals surface area contributed by atoms with Crippen LogP contribution in [-0.2, 0) is 4.74 Å². The number of benzene rings is 1. The minimum atomic E-state index is -0.469. The van der Waals surface area contributed by atoms with E-state index in [1.165, 1.54) is 0 Å². The summed E-state index contributed by atoms with van der Waals surface area (Å²) < 4.78 is 10.6. The molecule has 0 aliphatic heterocycles. The molecule has 112 valence electrons. The van der Waals surface area contributed by atoms with Crippen LogP contribution >= 0.6 is 0 Å². The van der Waals surface area contributed by atoms with Gasteiger partial charge >= 0.3 is 6.09 Å². The Bertz CT molecular complexity index is 427. The summed E-state index contributed by atoms with van der Waals surface area (Å²) in [6, 6.07) is 7.72. The minimum Gasteiger partial charge on any atom is -0.494 e. The summed E-state index contributed by atoms with van der Waals surface area (Å²) in [5.74, 6) is 0.831. The van der Waals surface area contributed by atoms with Gasteiger partial charge in [0.05, 0.1) is 6.61 Å². The first-order valence-electron chi connectivity index (χ1n) is 6.84. The van der Waals surface area contributed by atoms with Crippen LogP contribution in [0.3, 0.4) is 0 Å². The molecule has 1 aromatic carbocycles. The summed E-state index contributed by atoms with van der Waals surface area (Å²) in [7, 11) is 0. The van der Waals surface area contributed by atoms with E-state index in [-0.39, 0.29) is 0 Å². The maximum Gasteiger partial charge on any atom is 0.407 e. The first-order valence-corrected chi connectivity index (χ1v) is 6.84. The van der Waals surface area contributed by atoms with Crippen molar-refractivity contribution in [2.75, 3.05) is 25.0 Å². The molecule has 0 aliphatic carbocycles. The fraction of sp³-hybridized carbons (Fsp3) is 0.533. The highest BCUT2D eigenvalue weighted by Crippen LogP contribution is 2.16. The normalized spacial score (nSPS) is 10.8. The van der Waals surface area contributed by atoms with E-state index in [1.807, 2.05) is 52.0 Å². The SMILES string of the molecule is CCOc1cccc(NCCNC(=O)OC(C)(C)C)c1. The third-order valence-electron chi connectivity index (χ3n) is 2.27.